The van der Waals surface area contributed by atoms with Crippen LogP contribution in [0.3, 0.4) is 0 Å². The second-order valence-electron chi connectivity index (χ2n) is 8.91. The number of amides is 4. The zero-order valence-electron chi connectivity index (χ0n) is 20.7. The molecule has 4 unspecified atom stereocenters. The Labute approximate surface area is 219 Å². The number of nitrogens with one attached hydrogen (secondary N) is 2. The SMILES string of the molecule is CSCCC(NC(=O)C1CCCN1C(=O)C(Cc1ccc(O)cc1)NC(=O)C(N)CCC(N)=O)C(=O)O. The number of nitrogens with zero attached hydrogens (tertiary/aromatic N) is 1. The average Bonchev–Trinajstić information content (AvgIpc) is 3.35. The summed E-state index contributed by atoms with van der Waals surface area (Å²) in [5.41, 5.74) is 11.7. The molecule has 0 aliphatic carbocycles. The van der Waals surface area contributed by atoms with Gasteiger partial charge in [-0.25, -0.2) is 4.79 Å². The third-order valence-corrected chi connectivity index (χ3v) is 6.74. The molecule has 12 nitrogen and oxygen atoms in total. The van der Waals surface area contributed by atoms with Crippen LogP contribution in [0.25, 0.3) is 0 Å². The predicted octanol–water partition coefficient (Wildman–Crippen LogP) is -0.674. The lowest BCUT2D eigenvalue weighted by Crippen LogP contribution is -2.57. The summed E-state index contributed by atoms with van der Waals surface area (Å²) in [6, 6.07) is 1.98. The first kappa shape index (κ1) is 29.9. The molecule has 0 bridgehead atoms. The van der Waals surface area contributed by atoms with Gasteiger partial charge in [-0.15, -0.1) is 0 Å². The zero-order chi connectivity index (χ0) is 27.5. The maximum atomic E-state index is 13.6. The van der Waals surface area contributed by atoms with Crippen molar-refractivity contribution < 1.29 is 34.2 Å². The fraction of sp³-hybridized carbons (Fsp3) is 0.542. The topological polar surface area (TPSA) is 205 Å². The molecule has 4 amide bonds. The molecule has 204 valence electrons. The lowest BCUT2D eigenvalue weighted by Gasteiger charge is -2.30. The van der Waals surface area contributed by atoms with Crippen molar-refractivity contribution in [3.8, 4) is 5.75 Å². The first-order valence-corrected chi connectivity index (χ1v) is 13.4. The number of carboxylic acid groups (broad SMARTS) is 1. The Kier molecular flexibility index (Phi) is 11.7. The zero-order valence-corrected chi connectivity index (χ0v) is 21.5. The van der Waals surface area contributed by atoms with Crippen molar-refractivity contribution in [2.75, 3.05) is 18.6 Å². The molecule has 1 aromatic rings. The van der Waals surface area contributed by atoms with Crippen LogP contribution in [0.15, 0.2) is 24.3 Å². The number of nitrogens with two attached hydrogens (primary N) is 2. The highest BCUT2D eigenvalue weighted by molar-refractivity contribution is 7.98. The van der Waals surface area contributed by atoms with Crippen molar-refractivity contribution in [1.29, 1.82) is 0 Å². The number of aliphatic carboxylic acids is 1. The van der Waals surface area contributed by atoms with Gasteiger partial charge in [0, 0.05) is 19.4 Å². The predicted molar refractivity (Wildman–Crippen MR) is 137 cm³/mol. The van der Waals surface area contributed by atoms with Gasteiger partial charge in [0.15, 0.2) is 0 Å². The summed E-state index contributed by atoms with van der Waals surface area (Å²) in [6.07, 6.45) is 2.92. The number of hydrogen-bond acceptors (Lipinski definition) is 8. The van der Waals surface area contributed by atoms with Gasteiger partial charge in [0.1, 0.15) is 23.9 Å². The van der Waals surface area contributed by atoms with Crippen molar-refractivity contribution in [3.05, 3.63) is 29.8 Å². The second-order valence-corrected chi connectivity index (χ2v) is 9.90. The number of carbonyl (C=O) groups excluding carboxylic acids is 4. The van der Waals surface area contributed by atoms with Crippen LogP contribution in [0.1, 0.15) is 37.7 Å². The Morgan fingerprint density at radius 3 is 2.38 bits per heavy atom. The molecular weight excluding hydrogens is 502 g/mol. The van der Waals surface area contributed by atoms with Crippen LogP contribution in [0.2, 0.25) is 0 Å². The molecular formula is C24H35N5O7S. The van der Waals surface area contributed by atoms with E-state index < -0.39 is 53.8 Å². The Balaban J connectivity index is 2.20. The van der Waals surface area contributed by atoms with Crippen molar-refractivity contribution in [2.24, 2.45) is 11.5 Å². The van der Waals surface area contributed by atoms with E-state index in [0.29, 0.717) is 24.2 Å². The van der Waals surface area contributed by atoms with E-state index in [0.717, 1.165) is 0 Å². The van der Waals surface area contributed by atoms with E-state index in [9.17, 15) is 34.2 Å². The number of likely N-dealkylation sites (tertiary alicyclic amines) is 1. The molecule has 0 aromatic heterocycles. The number of hydrogen-bond donors (Lipinski definition) is 6. The Morgan fingerprint density at radius 1 is 1.11 bits per heavy atom. The monoisotopic (exact) mass is 537 g/mol. The highest BCUT2D eigenvalue weighted by atomic mass is 32.2. The van der Waals surface area contributed by atoms with Gasteiger partial charge >= 0.3 is 5.97 Å². The first-order chi connectivity index (χ1) is 17.5. The lowest BCUT2D eigenvalue weighted by atomic mass is 10.0. The number of benzene rings is 1. The number of carbonyl (C=O) groups is 5. The molecule has 1 aliphatic heterocycles. The van der Waals surface area contributed by atoms with Crippen molar-refractivity contribution in [1.82, 2.24) is 15.5 Å². The van der Waals surface area contributed by atoms with Gasteiger partial charge in [-0.1, -0.05) is 12.1 Å². The normalized spacial score (nSPS) is 17.5. The van der Waals surface area contributed by atoms with Crippen molar-refractivity contribution in [2.45, 2.75) is 62.7 Å². The number of phenols is 1. The molecule has 1 aromatic carbocycles. The fourth-order valence-corrected chi connectivity index (χ4v) is 4.51. The van der Waals surface area contributed by atoms with Crippen LogP contribution < -0.4 is 22.1 Å². The quantitative estimate of drug-likeness (QED) is 0.178. The Bertz CT molecular complexity index is 975. The highest BCUT2D eigenvalue weighted by Gasteiger charge is 2.39. The van der Waals surface area contributed by atoms with Crippen LogP contribution in [0.4, 0.5) is 0 Å². The standard InChI is InChI=1S/C24H35N5O7S/c1-37-12-10-17(24(35)36)27-22(33)19-3-2-11-29(19)23(34)18(13-14-4-6-15(30)7-5-14)28-21(32)16(25)8-9-20(26)31/h4-7,16-19,30H,2-3,8-13,25H2,1H3,(H2,26,31)(H,27,33)(H,28,32)(H,35,36). The highest BCUT2D eigenvalue weighted by Crippen LogP contribution is 2.21. The number of phenolic OH excluding ortho intramolecular Hbond substituents is 1. The van der Waals surface area contributed by atoms with Gasteiger partial charge < -0.3 is 37.2 Å². The number of rotatable bonds is 14. The third kappa shape index (κ3) is 9.25. The van der Waals surface area contributed by atoms with Crippen molar-refractivity contribution >= 4 is 41.4 Å². The second kappa shape index (κ2) is 14.4. The minimum absolute atomic E-state index is 0.00263. The number of primary amides is 1. The van der Waals surface area contributed by atoms with Gasteiger partial charge in [0.05, 0.1) is 6.04 Å². The largest absolute Gasteiger partial charge is 0.508 e. The molecule has 0 saturated carbocycles. The van der Waals surface area contributed by atoms with E-state index in [-0.39, 0.29) is 38.0 Å². The van der Waals surface area contributed by atoms with E-state index in [1.54, 1.807) is 12.1 Å². The van der Waals surface area contributed by atoms with Crippen LogP contribution >= 0.6 is 11.8 Å². The fourth-order valence-electron chi connectivity index (χ4n) is 4.04. The molecule has 1 saturated heterocycles. The Morgan fingerprint density at radius 2 is 1.78 bits per heavy atom. The van der Waals surface area contributed by atoms with Crippen molar-refractivity contribution in [3.63, 3.8) is 0 Å². The number of thioether (sulfide) groups is 1. The van der Waals surface area contributed by atoms with Gasteiger partial charge in [0.25, 0.3) is 0 Å². The van der Waals surface area contributed by atoms with Crippen LogP contribution in [-0.4, -0.2) is 87.4 Å². The summed E-state index contributed by atoms with van der Waals surface area (Å²) in [4.78, 5) is 63.3. The summed E-state index contributed by atoms with van der Waals surface area (Å²) < 4.78 is 0. The third-order valence-electron chi connectivity index (χ3n) is 6.09. The molecule has 1 heterocycles. The minimum Gasteiger partial charge on any atom is -0.508 e. The van der Waals surface area contributed by atoms with Crippen LogP contribution in [0.5, 0.6) is 5.75 Å². The summed E-state index contributed by atoms with van der Waals surface area (Å²) in [6.45, 7) is 0.259. The summed E-state index contributed by atoms with van der Waals surface area (Å²) in [5, 5.41) is 24.2. The van der Waals surface area contributed by atoms with E-state index in [4.69, 9.17) is 11.5 Å². The van der Waals surface area contributed by atoms with Crippen LogP contribution in [-0.2, 0) is 30.4 Å². The maximum absolute atomic E-state index is 13.6. The van der Waals surface area contributed by atoms with E-state index in [1.807, 2.05) is 6.26 Å². The summed E-state index contributed by atoms with van der Waals surface area (Å²) in [5.74, 6) is -2.91. The smallest absolute Gasteiger partial charge is 0.326 e. The van der Waals surface area contributed by atoms with Crippen LogP contribution in [0, 0.1) is 0 Å². The van der Waals surface area contributed by atoms with E-state index >= 15 is 0 Å². The number of carboxylic acids is 1. The molecule has 2 rings (SSSR count). The summed E-state index contributed by atoms with van der Waals surface area (Å²) in [7, 11) is 0. The molecule has 0 radical (unpaired) electrons. The molecule has 37 heavy (non-hydrogen) atoms. The van der Waals surface area contributed by atoms with Gasteiger partial charge in [0.2, 0.25) is 23.6 Å². The Hall–Kier alpha value is -3.32. The molecule has 13 heteroatoms. The molecule has 1 fully saturated rings. The van der Waals surface area contributed by atoms with E-state index in [1.165, 1.54) is 28.8 Å². The lowest BCUT2D eigenvalue weighted by molar-refractivity contribution is -0.145. The maximum Gasteiger partial charge on any atom is 0.326 e. The first-order valence-electron chi connectivity index (χ1n) is 12.0. The molecule has 0 spiro atoms. The molecule has 4 atom stereocenters. The van der Waals surface area contributed by atoms with Gasteiger partial charge in [-0.3, -0.25) is 19.2 Å². The molecule has 8 N–H and O–H groups in total. The number of aromatic hydroxyl groups is 1. The molecule has 1 aliphatic rings. The average molecular weight is 538 g/mol. The van der Waals surface area contributed by atoms with Gasteiger partial charge in [-0.2, -0.15) is 11.8 Å². The van der Waals surface area contributed by atoms with E-state index in [2.05, 4.69) is 10.6 Å². The van der Waals surface area contributed by atoms with Gasteiger partial charge in [-0.05, 0) is 55.4 Å². The minimum atomic E-state index is -1.15. The summed E-state index contributed by atoms with van der Waals surface area (Å²) >= 11 is 1.46.